The summed E-state index contributed by atoms with van der Waals surface area (Å²) in [5, 5.41) is 56.7. The van der Waals surface area contributed by atoms with Gasteiger partial charge in [0.2, 0.25) is 5.91 Å². The number of nitrogens with one attached hydrogen (secondary N) is 1. The van der Waals surface area contributed by atoms with Crippen LogP contribution in [0.5, 0.6) is 0 Å². The zero-order valence-corrected chi connectivity index (χ0v) is 45.4. The summed E-state index contributed by atoms with van der Waals surface area (Å²) < 4.78 is 17.5. The Labute approximate surface area is 442 Å². The Morgan fingerprint density at radius 1 is 0.562 bits per heavy atom. The molecule has 11 nitrogen and oxygen atoms in total. The summed E-state index contributed by atoms with van der Waals surface area (Å²) in [5.41, 5.74) is 0. The van der Waals surface area contributed by atoms with E-state index in [1.165, 1.54) is 38.5 Å². The number of esters is 1. The highest BCUT2D eigenvalue weighted by molar-refractivity contribution is 5.80. The molecular formula is C62H101NO10. The molecule has 0 aromatic rings. The van der Waals surface area contributed by atoms with Gasteiger partial charge >= 0.3 is 5.97 Å². The highest BCUT2D eigenvalue weighted by atomic mass is 16.7. The lowest BCUT2D eigenvalue weighted by atomic mass is 9.99. The number of ether oxygens (including phenoxy) is 3. The van der Waals surface area contributed by atoms with Crippen LogP contribution in [0, 0.1) is 0 Å². The van der Waals surface area contributed by atoms with Gasteiger partial charge in [-0.25, -0.2) is 0 Å². The number of rotatable bonds is 45. The quantitative estimate of drug-likeness (QED) is 0.0149. The lowest BCUT2D eigenvalue weighted by Crippen LogP contribution is -2.61. The van der Waals surface area contributed by atoms with Gasteiger partial charge in [0, 0.05) is 6.42 Å². The second-order valence-corrected chi connectivity index (χ2v) is 19.0. The standard InChI is InChI=1S/C62H101NO10/c1-4-7-10-13-16-19-22-24-25-26-27-28-29-30-31-32-35-38-41-44-47-50-57(67)73-60-59(69)58(68)56(51-64)72-62(60)71-52-53(54(65)48-45-42-39-36-33-21-18-15-12-9-6-3)63-61(70)55(66)49-46-43-40-37-34-23-20-17-14-11-8-5-2/h7-8,10-11,14,16-17,19-20,23-25,27-28,30-31,35,38,45,48,53-56,58-60,62,64-66,68-69H,4-6,9,12-13,15,18,21-22,26,29,32-34,36-37,39-44,46-47,49-52H2,1-3H3,(H,63,70)/b10-7-,11-8+,17-14+,19-16-,23-20-,25-24-,28-27-,31-30-,38-35-,48-45+. The van der Waals surface area contributed by atoms with Gasteiger partial charge in [0.1, 0.15) is 24.4 Å². The number of hydrogen-bond donors (Lipinski definition) is 6. The minimum atomic E-state index is -1.64. The Hall–Kier alpha value is -3.94. The Morgan fingerprint density at radius 3 is 1.63 bits per heavy atom. The summed E-state index contributed by atoms with van der Waals surface area (Å²) in [5.74, 6) is -1.28. The minimum absolute atomic E-state index is 0.0585. The summed E-state index contributed by atoms with van der Waals surface area (Å²) in [6, 6.07) is -1.05. The Balaban J connectivity index is 2.74. The summed E-state index contributed by atoms with van der Waals surface area (Å²) in [6.07, 6.45) is 56.8. The fourth-order valence-corrected chi connectivity index (χ4v) is 7.95. The summed E-state index contributed by atoms with van der Waals surface area (Å²) >= 11 is 0. The molecule has 1 heterocycles. The van der Waals surface area contributed by atoms with Crippen molar-refractivity contribution in [3.8, 4) is 0 Å². The van der Waals surface area contributed by atoms with E-state index in [0.29, 0.717) is 12.8 Å². The average Bonchev–Trinajstić information content (AvgIpc) is 3.39. The lowest BCUT2D eigenvalue weighted by Gasteiger charge is -2.41. The monoisotopic (exact) mass is 1020 g/mol. The molecule has 8 atom stereocenters. The number of aliphatic hydroxyl groups is 5. The normalized spacial score (nSPS) is 20.4. The predicted molar refractivity (Wildman–Crippen MR) is 301 cm³/mol. The van der Waals surface area contributed by atoms with E-state index in [-0.39, 0.29) is 19.4 Å². The van der Waals surface area contributed by atoms with Gasteiger partial charge in [-0.15, -0.1) is 0 Å². The van der Waals surface area contributed by atoms with E-state index in [0.717, 1.165) is 109 Å². The highest BCUT2D eigenvalue weighted by Crippen LogP contribution is 2.26. The molecule has 1 amide bonds. The molecule has 0 aromatic carbocycles. The van der Waals surface area contributed by atoms with Gasteiger partial charge in [0.05, 0.1) is 25.4 Å². The molecular weight excluding hydrogens is 919 g/mol. The molecule has 6 N–H and O–H groups in total. The molecule has 73 heavy (non-hydrogen) atoms. The van der Waals surface area contributed by atoms with E-state index in [9.17, 15) is 35.1 Å². The Bertz CT molecular complexity index is 1640. The molecule has 11 heteroatoms. The average molecular weight is 1020 g/mol. The van der Waals surface area contributed by atoms with E-state index >= 15 is 0 Å². The number of allylic oxidation sites excluding steroid dienone is 19. The number of carbonyl (C=O) groups is 2. The first-order valence-corrected chi connectivity index (χ1v) is 28.3. The van der Waals surface area contributed by atoms with Crippen molar-refractivity contribution in [2.45, 2.75) is 243 Å². The first-order valence-electron chi connectivity index (χ1n) is 28.3. The SMILES string of the molecule is CC/C=C\C/C=C\C/C=C\C/C=C\C/C=C\C/C=C\CCCCC(=O)OC1C(OCC(NC(=O)C(O)CCCCCC\C=C/C=C/C=C/CC)C(O)/C=C/CCCCCCCCCCC)OC(CO)C(O)C1O. The number of hydrogen-bond acceptors (Lipinski definition) is 10. The number of amides is 1. The van der Waals surface area contributed by atoms with Crippen molar-refractivity contribution in [3.63, 3.8) is 0 Å². The molecule has 0 aliphatic carbocycles. The zero-order chi connectivity index (χ0) is 53.3. The van der Waals surface area contributed by atoms with Gasteiger partial charge in [-0.1, -0.05) is 213 Å². The van der Waals surface area contributed by atoms with Crippen LogP contribution in [0.2, 0.25) is 0 Å². The largest absolute Gasteiger partial charge is 0.454 e. The van der Waals surface area contributed by atoms with Crippen LogP contribution in [0.3, 0.4) is 0 Å². The van der Waals surface area contributed by atoms with Crippen molar-refractivity contribution in [2.24, 2.45) is 0 Å². The molecule has 414 valence electrons. The van der Waals surface area contributed by atoms with Crippen LogP contribution < -0.4 is 5.32 Å². The van der Waals surface area contributed by atoms with Crippen molar-refractivity contribution in [2.75, 3.05) is 13.2 Å². The van der Waals surface area contributed by atoms with Crippen molar-refractivity contribution < 1.29 is 49.3 Å². The number of carbonyl (C=O) groups excluding carboxylic acids is 2. The van der Waals surface area contributed by atoms with Crippen LogP contribution in [0.15, 0.2) is 122 Å². The lowest BCUT2D eigenvalue weighted by molar-refractivity contribution is -0.305. The molecule has 8 unspecified atom stereocenters. The first-order chi connectivity index (χ1) is 35.7. The smallest absolute Gasteiger partial charge is 0.306 e. The second-order valence-electron chi connectivity index (χ2n) is 19.0. The van der Waals surface area contributed by atoms with Gasteiger partial charge in [0.25, 0.3) is 0 Å². The molecule has 0 saturated carbocycles. The van der Waals surface area contributed by atoms with E-state index in [1.54, 1.807) is 6.08 Å². The molecule has 1 saturated heterocycles. The van der Waals surface area contributed by atoms with Crippen LogP contribution in [-0.2, 0) is 23.8 Å². The van der Waals surface area contributed by atoms with E-state index < -0.39 is 67.4 Å². The second kappa shape index (κ2) is 49.0. The van der Waals surface area contributed by atoms with Crippen molar-refractivity contribution in [3.05, 3.63) is 122 Å². The molecule has 0 radical (unpaired) electrons. The van der Waals surface area contributed by atoms with Gasteiger partial charge in [-0.2, -0.15) is 0 Å². The van der Waals surface area contributed by atoms with Crippen molar-refractivity contribution >= 4 is 11.9 Å². The summed E-state index contributed by atoms with van der Waals surface area (Å²) in [6.45, 7) is 5.46. The van der Waals surface area contributed by atoms with Gasteiger partial charge < -0.3 is 45.1 Å². The van der Waals surface area contributed by atoms with Crippen molar-refractivity contribution in [1.29, 1.82) is 0 Å². The van der Waals surface area contributed by atoms with Crippen molar-refractivity contribution in [1.82, 2.24) is 5.32 Å². The fraction of sp³-hybridized carbons (Fsp3) is 0.645. The minimum Gasteiger partial charge on any atom is -0.454 e. The van der Waals surface area contributed by atoms with Crippen LogP contribution in [-0.4, -0.2) is 99.6 Å². The molecule has 1 rings (SSSR count). The van der Waals surface area contributed by atoms with Gasteiger partial charge in [-0.05, 0) is 96.3 Å². The van der Waals surface area contributed by atoms with E-state index in [1.807, 2.05) is 30.4 Å². The number of aliphatic hydroxyl groups excluding tert-OH is 5. The van der Waals surface area contributed by atoms with E-state index in [2.05, 4.69) is 111 Å². The number of unbranched alkanes of at least 4 members (excludes halogenated alkanes) is 15. The summed E-state index contributed by atoms with van der Waals surface area (Å²) in [7, 11) is 0. The van der Waals surface area contributed by atoms with Gasteiger partial charge in [0.15, 0.2) is 12.4 Å². The summed E-state index contributed by atoms with van der Waals surface area (Å²) in [4.78, 5) is 26.4. The highest BCUT2D eigenvalue weighted by Gasteiger charge is 2.47. The third-order valence-electron chi connectivity index (χ3n) is 12.4. The van der Waals surface area contributed by atoms with Gasteiger partial charge in [-0.3, -0.25) is 9.59 Å². The van der Waals surface area contributed by atoms with Crippen LogP contribution in [0.4, 0.5) is 0 Å². The van der Waals surface area contributed by atoms with Crippen LogP contribution in [0.1, 0.15) is 194 Å². The maximum Gasteiger partial charge on any atom is 0.306 e. The first kappa shape index (κ1) is 67.1. The molecule has 0 spiro atoms. The maximum atomic E-state index is 13.3. The molecule has 0 aromatic heterocycles. The zero-order valence-electron chi connectivity index (χ0n) is 45.4. The molecule has 1 aliphatic rings. The molecule has 1 aliphatic heterocycles. The maximum absolute atomic E-state index is 13.3. The van der Waals surface area contributed by atoms with E-state index in [4.69, 9.17) is 14.2 Å². The Morgan fingerprint density at radius 2 is 1.05 bits per heavy atom. The third kappa shape index (κ3) is 37.4. The third-order valence-corrected chi connectivity index (χ3v) is 12.4. The molecule has 1 fully saturated rings. The van der Waals surface area contributed by atoms with Crippen LogP contribution >= 0.6 is 0 Å². The fourth-order valence-electron chi connectivity index (χ4n) is 7.95. The topological polar surface area (TPSA) is 175 Å². The Kier molecular flexibility index (Phi) is 45.0. The predicted octanol–water partition coefficient (Wildman–Crippen LogP) is 12.7. The van der Waals surface area contributed by atoms with Crippen LogP contribution in [0.25, 0.3) is 0 Å². The molecule has 0 bridgehead atoms.